The van der Waals surface area contributed by atoms with E-state index in [0.29, 0.717) is 23.2 Å². The van der Waals surface area contributed by atoms with Crippen molar-refractivity contribution in [3.05, 3.63) is 41.5 Å². The summed E-state index contributed by atoms with van der Waals surface area (Å²) in [6.45, 7) is 0. The van der Waals surface area contributed by atoms with Gasteiger partial charge in [0.05, 0.1) is 4.90 Å². The second kappa shape index (κ2) is 3.72. The smallest absolute Gasteiger partial charge is 0.294 e. The predicted molar refractivity (Wildman–Crippen MR) is 70.6 cm³/mol. The van der Waals surface area contributed by atoms with Crippen LogP contribution >= 0.6 is 0 Å². The molecule has 0 heterocycles. The van der Waals surface area contributed by atoms with Crippen molar-refractivity contribution in [3.63, 3.8) is 0 Å². The van der Waals surface area contributed by atoms with Crippen molar-refractivity contribution in [1.29, 1.82) is 0 Å². The summed E-state index contributed by atoms with van der Waals surface area (Å²) in [6.07, 6.45) is 0.493. The van der Waals surface area contributed by atoms with Gasteiger partial charge in [-0.2, -0.15) is 8.42 Å². The Morgan fingerprint density at radius 1 is 1.11 bits per heavy atom. The van der Waals surface area contributed by atoms with Crippen molar-refractivity contribution in [1.82, 2.24) is 0 Å². The summed E-state index contributed by atoms with van der Waals surface area (Å²) in [5.41, 5.74) is 9.33. The molecular weight excluding hydrogens is 266 g/mol. The van der Waals surface area contributed by atoms with Crippen LogP contribution < -0.4 is 5.73 Å². The molecule has 4 N–H and O–H groups in total. The number of rotatable bonds is 1. The van der Waals surface area contributed by atoms with Gasteiger partial charge in [-0.3, -0.25) is 4.55 Å². The number of nitrogens with two attached hydrogens (primary N) is 1. The Bertz CT molecular complexity index is 797. The van der Waals surface area contributed by atoms with Crippen LogP contribution in [0.3, 0.4) is 0 Å². The second-order valence-electron chi connectivity index (χ2n) is 4.54. The molecule has 2 aromatic rings. The van der Waals surface area contributed by atoms with E-state index in [2.05, 4.69) is 0 Å². The van der Waals surface area contributed by atoms with Gasteiger partial charge in [-0.1, -0.05) is 6.07 Å². The number of anilines is 1. The average molecular weight is 277 g/mol. The molecule has 0 saturated carbocycles. The van der Waals surface area contributed by atoms with Crippen molar-refractivity contribution in [3.8, 4) is 16.9 Å². The molecule has 0 saturated heterocycles. The summed E-state index contributed by atoms with van der Waals surface area (Å²) in [4.78, 5) is -0.312. The number of aromatic hydroxyl groups is 1. The largest absolute Gasteiger partial charge is 0.508 e. The first-order valence-electron chi connectivity index (χ1n) is 5.58. The molecule has 1 aliphatic carbocycles. The van der Waals surface area contributed by atoms with Gasteiger partial charge in [0.25, 0.3) is 10.1 Å². The van der Waals surface area contributed by atoms with E-state index < -0.39 is 10.1 Å². The van der Waals surface area contributed by atoms with Gasteiger partial charge in [-0.25, -0.2) is 0 Å². The number of phenols is 1. The lowest BCUT2D eigenvalue weighted by molar-refractivity contribution is 0.462. The molecule has 19 heavy (non-hydrogen) atoms. The molecule has 0 aliphatic heterocycles. The molecule has 2 aromatic carbocycles. The van der Waals surface area contributed by atoms with Crippen molar-refractivity contribution in [2.45, 2.75) is 11.3 Å². The van der Waals surface area contributed by atoms with Crippen LogP contribution in [0.1, 0.15) is 11.1 Å². The Labute approximate surface area is 110 Å². The van der Waals surface area contributed by atoms with Gasteiger partial charge in [-0.05, 0) is 34.9 Å². The summed E-state index contributed by atoms with van der Waals surface area (Å²) in [5, 5.41) is 9.91. The second-order valence-corrected chi connectivity index (χ2v) is 5.96. The quantitative estimate of drug-likeness (QED) is 0.465. The highest BCUT2D eigenvalue weighted by Gasteiger charge is 2.24. The van der Waals surface area contributed by atoms with Gasteiger partial charge < -0.3 is 10.8 Å². The lowest BCUT2D eigenvalue weighted by Gasteiger charge is -2.06. The fourth-order valence-corrected chi connectivity index (χ4v) is 2.95. The molecule has 5 nitrogen and oxygen atoms in total. The molecule has 0 spiro atoms. The molecule has 1 aliphatic rings. The molecule has 0 fully saturated rings. The van der Waals surface area contributed by atoms with E-state index in [1.165, 1.54) is 6.07 Å². The molecule has 0 bridgehead atoms. The minimum absolute atomic E-state index is 0.139. The zero-order valence-electron chi connectivity index (χ0n) is 9.79. The number of hydrogen-bond donors (Lipinski definition) is 3. The molecule has 0 unspecified atom stereocenters. The summed E-state index contributed by atoms with van der Waals surface area (Å²) < 4.78 is 31.4. The lowest BCUT2D eigenvalue weighted by atomic mass is 10.1. The molecule has 3 rings (SSSR count). The summed E-state index contributed by atoms with van der Waals surface area (Å²) in [7, 11) is -4.34. The van der Waals surface area contributed by atoms with Crippen LogP contribution in [0.4, 0.5) is 5.69 Å². The minimum atomic E-state index is -4.34. The molecular formula is C13H11NO4S. The molecule has 6 heteroatoms. The highest BCUT2D eigenvalue weighted by atomic mass is 32.2. The van der Waals surface area contributed by atoms with Gasteiger partial charge >= 0.3 is 0 Å². The maximum Gasteiger partial charge on any atom is 0.294 e. The van der Waals surface area contributed by atoms with E-state index in [4.69, 9.17) is 10.3 Å². The predicted octanol–water partition coefficient (Wildman–Crippen LogP) is 1.79. The van der Waals surface area contributed by atoms with Gasteiger partial charge in [-0.15, -0.1) is 0 Å². The highest BCUT2D eigenvalue weighted by molar-refractivity contribution is 7.85. The van der Waals surface area contributed by atoms with Crippen LogP contribution in [0.5, 0.6) is 5.75 Å². The van der Waals surface area contributed by atoms with Crippen LogP contribution in [0, 0.1) is 0 Å². The van der Waals surface area contributed by atoms with Crippen molar-refractivity contribution < 1.29 is 18.1 Å². The van der Waals surface area contributed by atoms with Crippen molar-refractivity contribution in [2.75, 3.05) is 5.73 Å². The zero-order chi connectivity index (χ0) is 13.8. The third kappa shape index (κ3) is 1.85. The average Bonchev–Trinajstić information content (AvgIpc) is 2.66. The number of phenolic OH excluding ortho intramolecular Hbond substituents is 1. The Hall–Kier alpha value is -2.05. The Balaban J connectivity index is 2.29. The number of fused-ring (bicyclic) bond motifs is 3. The molecule has 98 valence electrons. The van der Waals surface area contributed by atoms with Crippen LogP contribution in [0.25, 0.3) is 11.1 Å². The first-order chi connectivity index (χ1) is 8.86. The van der Waals surface area contributed by atoms with E-state index in [9.17, 15) is 13.5 Å². The minimum Gasteiger partial charge on any atom is -0.508 e. The van der Waals surface area contributed by atoms with Crippen molar-refractivity contribution in [2.24, 2.45) is 0 Å². The fraction of sp³-hybridized carbons (Fsp3) is 0.0769. The maximum atomic E-state index is 11.2. The first-order valence-corrected chi connectivity index (χ1v) is 7.02. The Morgan fingerprint density at radius 2 is 1.84 bits per heavy atom. The number of nitrogen functional groups attached to an aromatic ring is 1. The summed E-state index contributed by atoms with van der Waals surface area (Å²) in [6, 6.07) is 7.71. The van der Waals surface area contributed by atoms with E-state index in [1.54, 1.807) is 18.2 Å². The fourth-order valence-electron chi connectivity index (χ4n) is 2.42. The van der Waals surface area contributed by atoms with Crippen molar-refractivity contribution >= 4 is 15.8 Å². The summed E-state index contributed by atoms with van der Waals surface area (Å²) in [5.74, 6) is -0.139. The highest BCUT2D eigenvalue weighted by Crippen LogP contribution is 2.42. The Kier molecular flexibility index (Phi) is 2.35. The van der Waals surface area contributed by atoms with Crippen LogP contribution in [0.15, 0.2) is 35.2 Å². The topological polar surface area (TPSA) is 101 Å². The number of hydrogen-bond acceptors (Lipinski definition) is 4. The standard InChI is InChI=1S/C13H11NO4S/c14-8-1-2-10-7(3-8)4-12-11(10)5-9(6-13(12)15)19(16,17)18/h1-3,5-6,15H,4,14H2,(H,16,17,18). The maximum absolute atomic E-state index is 11.2. The molecule has 0 atom stereocenters. The Morgan fingerprint density at radius 3 is 2.53 bits per heavy atom. The van der Waals surface area contributed by atoms with Gasteiger partial charge in [0.2, 0.25) is 0 Å². The summed E-state index contributed by atoms with van der Waals surface area (Å²) >= 11 is 0. The third-order valence-corrected chi connectivity index (χ3v) is 4.12. The molecule has 0 radical (unpaired) electrons. The monoisotopic (exact) mass is 277 g/mol. The van der Waals surface area contributed by atoms with Crippen LogP contribution in [-0.2, 0) is 16.5 Å². The van der Waals surface area contributed by atoms with Gasteiger partial charge in [0.1, 0.15) is 5.75 Å². The molecule has 0 aromatic heterocycles. The lowest BCUT2D eigenvalue weighted by Crippen LogP contribution is -1.98. The van der Waals surface area contributed by atoms with Crippen LogP contribution in [0.2, 0.25) is 0 Å². The van der Waals surface area contributed by atoms with E-state index in [1.807, 2.05) is 0 Å². The molecule has 0 amide bonds. The third-order valence-electron chi connectivity index (χ3n) is 3.28. The normalized spacial score (nSPS) is 13.1. The van der Waals surface area contributed by atoms with Gasteiger partial charge in [0.15, 0.2) is 0 Å². The van der Waals surface area contributed by atoms with E-state index >= 15 is 0 Å². The van der Waals surface area contributed by atoms with Crippen LogP contribution in [-0.4, -0.2) is 18.1 Å². The SMILES string of the molecule is Nc1ccc2c(c1)Cc1c(O)cc(S(=O)(=O)O)cc1-2. The number of benzene rings is 2. The first kappa shape index (κ1) is 12.0. The van der Waals surface area contributed by atoms with E-state index in [0.717, 1.165) is 17.2 Å². The van der Waals surface area contributed by atoms with Gasteiger partial charge in [0, 0.05) is 23.7 Å². The van der Waals surface area contributed by atoms with E-state index in [-0.39, 0.29) is 10.6 Å². The zero-order valence-corrected chi connectivity index (χ0v) is 10.6.